The van der Waals surface area contributed by atoms with Gasteiger partial charge in [-0.3, -0.25) is 9.48 Å². The minimum atomic E-state index is 0.165. The SMILES string of the molecule is CC(C)c1cc(C(=O)N2[C@H]3CCC[C@H]4N[C@H](Cc5ccccc5)[C@@H]2C[C@@]34C)n(C)n1. The molecule has 30 heavy (non-hydrogen) atoms. The van der Waals surface area contributed by atoms with E-state index in [-0.39, 0.29) is 17.4 Å². The fourth-order valence-corrected chi connectivity index (χ4v) is 6.36. The topological polar surface area (TPSA) is 50.2 Å². The lowest BCUT2D eigenvalue weighted by Crippen LogP contribution is -2.58. The Labute approximate surface area is 179 Å². The average Bonchev–Trinajstić information content (AvgIpc) is 3.26. The first-order chi connectivity index (χ1) is 14.4. The summed E-state index contributed by atoms with van der Waals surface area (Å²) < 4.78 is 1.79. The van der Waals surface area contributed by atoms with E-state index >= 15 is 0 Å². The van der Waals surface area contributed by atoms with Crippen LogP contribution in [-0.4, -0.2) is 44.8 Å². The predicted molar refractivity (Wildman–Crippen MR) is 118 cm³/mol. The molecule has 2 aliphatic heterocycles. The van der Waals surface area contributed by atoms with Crippen molar-refractivity contribution in [3.8, 4) is 0 Å². The Morgan fingerprint density at radius 1 is 1.27 bits per heavy atom. The van der Waals surface area contributed by atoms with Gasteiger partial charge in [0.05, 0.1) is 5.69 Å². The van der Waals surface area contributed by atoms with E-state index in [0.717, 1.165) is 30.7 Å². The lowest BCUT2D eigenvalue weighted by molar-refractivity contribution is 0.0548. The number of hydrogen-bond acceptors (Lipinski definition) is 3. The second kappa shape index (κ2) is 7.23. The maximum atomic E-state index is 13.9. The van der Waals surface area contributed by atoms with E-state index in [9.17, 15) is 4.79 Å². The summed E-state index contributed by atoms with van der Waals surface area (Å²) in [7, 11) is 1.91. The molecule has 2 bridgehead atoms. The van der Waals surface area contributed by atoms with Crippen LogP contribution in [0, 0.1) is 5.41 Å². The molecule has 1 aromatic carbocycles. The van der Waals surface area contributed by atoms with E-state index in [1.54, 1.807) is 4.68 Å². The second-order valence-electron chi connectivity index (χ2n) is 10.2. The zero-order valence-electron chi connectivity index (χ0n) is 18.6. The van der Waals surface area contributed by atoms with Crippen LogP contribution in [0.3, 0.4) is 0 Å². The van der Waals surface area contributed by atoms with Crippen molar-refractivity contribution in [2.24, 2.45) is 12.5 Å². The van der Waals surface area contributed by atoms with E-state index in [1.165, 1.54) is 18.4 Å². The van der Waals surface area contributed by atoms with E-state index < -0.39 is 0 Å². The molecule has 2 aromatic rings. The van der Waals surface area contributed by atoms with Gasteiger partial charge >= 0.3 is 0 Å². The zero-order chi connectivity index (χ0) is 21.0. The maximum absolute atomic E-state index is 13.9. The van der Waals surface area contributed by atoms with Gasteiger partial charge < -0.3 is 10.2 Å². The largest absolute Gasteiger partial charge is 0.329 e. The Kier molecular flexibility index (Phi) is 4.77. The van der Waals surface area contributed by atoms with Crippen molar-refractivity contribution in [3.05, 3.63) is 53.3 Å². The Hall–Kier alpha value is -2.14. The first-order valence-corrected chi connectivity index (χ1v) is 11.5. The number of benzene rings is 1. The number of aryl methyl sites for hydroxylation is 1. The Morgan fingerprint density at radius 3 is 2.73 bits per heavy atom. The Bertz CT molecular complexity index is 936. The molecule has 1 saturated carbocycles. The summed E-state index contributed by atoms with van der Waals surface area (Å²) >= 11 is 0. The van der Waals surface area contributed by atoms with Crippen LogP contribution < -0.4 is 5.32 Å². The number of hydrogen-bond donors (Lipinski definition) is 1. The molecule has 0 spiro atoms. The van der Waals surface area contributed by atoms with Gasteiger partial charge in [0.25, 0.3) is 5.91 Å². The normalized spacial score (nSPS) is 32.6. The van der Waals surface area contributed by atoms with Crippen LogP contribution in [0.15, 0.2) is 36.4 Å². The molecule has 3 heterocycles. The van der Waals surface area contributed by atoms with Gasteiger partial charge in [-0.15, -0.1) is 0 Å². The molecule has 1 aliphatic carbocycles. The molecule has 0 radical (unpaired) electrons. The third-order valence-electron chi connectivity index (χ3n) is 7.99. The highest BCUT2D eigenvalue weighted by Crippen LogP contribution is 2.53. The molecule has 3 fully saturated rings. The molecule has 0 unspecified atom stereocenters. The van der Waals surface area contributed by atoms with Crippen molar-refractivity contribution < 1.29 is 4.79 Å². The monoisotopic (exact) mass is 406 g/mol. The van der Waals surface area contributed by atoms with Crippen molar-refractivity contribution in [1.82, 2.24) is 20.0 Å². The number of likely N-dealkylation sites (tertiary alicyclic amines) is 1. The van der Waals surface area contributed by atoms with Crippen molar-refractivity contribution in [3.63, 3.8) is 0 Å². The minimum Gasteiger partial charge on any atom is -0.329 e. The van der Waals surface area contributed by atoms with Crippen molar-refractivity contribution >= 4 is 5.91 Å². The molecule has 3 aliphatic rings. The number of nitrogens with zero attached hydrogens (tertiary/aromatic N) is 3. The van der Waals surface area contributed by atoms with E-state index in [0.29, 0.717) is 24.0 Å². The van der Waals surface area contributed by atoms with Gasteiger partial charge in [0.2, 0.25) is 0 Å². The standard InChI is InChI=1S/C25H34N4O/c1-16(2)18-14-20(28(4)27-18)24(30)29-21-15-25(3)22(11-8-12-23(25)29)26-19(21)13-17-9-6-5-7-10-17/h5-7,9-10,14,16,19,21-23,26H,8,11-13,15H2,1-4H3/t19-,21+,22-,23+,25-/m1/s1. The van der Waals surface area contributed by atoms with Gasteiger partial charge in [0.15, 0.2) is 0 Å². The number of carbonyl (C=O) groups excluding carboxylic acids is 1. The Balaban J connectivity index is 1.51. The van der Waals surface area contributed by atoms with Crippen LogP contribution in [0.2, 0.25) is 0 Å². The van der Waals surface area contributed by atoms with E-state index in [4.69, 9.17) is 0 Å². The van der Waals surface area contributed by atoms with Crippen molar-refractivity contribution in [2.75, 3.05) is 0 Å². The molecule has 1 N–H and O–H groups in total. The van der Waals surface area contributed by atoms with Crippen LogP contribution in [0.25, 0.3) is 0 Å². The molecule has 1 aromatic heterocycles. The summed E-state index contributed by atoms with van der Waals surface area (Å²) in [4.78, 5) is 16.2. The highest BCUT2D eigenvalue weighted by molar-refractivity contribution is 5.93. The average molecular weight is 407 g/mol. The maximum Gasteiger partial charge on any atom is 0.272 e. The minimum absolute atomic E-state index is 0.165. The number of nitrogens with one attached hydrogen (secondary N) is 1. The lowest BCUT2D eigenvalue weighted by atomic mass is 9.65. The number of piperidine rings is 1. The molecule has 160 valence electrons. The number of amides is 1. The van der Waals surface area contributed by atoms with Gasteiger partial charge in [-0.05, 0) is 49.7 Å². The van der Waals surface area contributed by atoms with Crippen LogP contribution in [0.5, 0.6) is 0 Å². The molecular weight excluding hydrogens is 372 g/mol. The fourth-order valence-electron chi connectivity index (χ4n) is 6.36. The third-order valence-corrected chi connectivity index (χ3v) is 7.99. The molecule has 2 saturated heterocycles. The van der Waals surface area contributed by atoms with E-state index in [2.05, 4.69) is 66.4 Å². The third kappa shape index (κ3) is 3.01. The molecule has 5 nitrogen and oxygen atoms in total. The van der Waals surface area contributed by atoms with Gasteiger partial charge in [-0.2, -0.15) is 5.10 Å². The van der Waals surface area contributed by atoms with Crippen LogP contribution in [-0.2, 0) is 13.5 Å². The van der Waals surface area contributed by atoms with Crippen LogP contribution in [0.1, 0.15) is 74.1 Å². The van der Waals surface area contributed by atoms with E-state index in [1.807, 2.05) is 13.1 Å². The summed E-state index contributed by atoms with van der Waals surface area (Å²) in [6, 6.07) is 14.1. The quantitative estimate of drug-likeness (QED) is 0.838. The number of aromatic nitrogens is 2. The number of carbonyl (C=O) groups is 1. The van der Waals surface area contributed by atoms with Gasteiger partial charge in [-0.1, -0.05) is 51.1 Å². The van der Waals surface area contributed by atoms with Gasteiger partial charge in [0.1, 0.15) is 5.69 Å². The fraction of sp³-hybridized carbons (Fsp3) is 0.600. The Morgan fingerprint density at radius 2 is 2.03 bits per heavy atom. The van der Waals surface area contributed by atoms with Gasteiger partial charge in [-0.25, -0.2) is 0 Å². The second-order valence-corrected chi connectivity index (χ2v) is 10.2. The van der Waals surface area contributed by atoms with Crippen molar-refractivity contribution in [2.45, 2.75) is 83.0 Å². The summed E-state index contributed by atoms with van der Waals surface area (Å²) in [5, 5.41) is 8.62. The summed E-state index contributed by atoms with van der Waals surface area (Å²) in [6.45, 7) is 6.67. The molecule has 5 heteroatoms. The molecule has 5 rings (SSSR count). The number of fused-ring (bicyclic) bond motifs is 1. The zero-order valence-corrected chi connectivity index (χ0v) is 18.6. The van der Waals surface area contributed by atoms with Crippen LogP contribution in [0.4, 0.5) is 0 Å². The summed E-state index contributed by atoms with van der Waals surface area (Å²) in [5.41, 5.74) is 3.24. The molecule has 1 amide bonds. The van der Waals surface area contributed by atoms with Crippen LogP contribution >= 0.6 is 0 Å². The highest BCUT2D eigenvalue weighted by atomic mass is 16.2. The smallest absolute Gasteiger partial charge is 0.272 e. The van der Waals surface area contributed by atoms with Gasteiger partial charge in [0, 0.05) is 36.6 Å². The molecular formula is C25H34N4O. The first kappa shape index (κ1) is 19.8. The number of rotatable bonds is 4. The summed E-state index contributed by atoms with van der Waals surface area (Å²) in [5.74, 6) is 0.484. The highest BCUT2D eigenvalue weighted by Gasteiger charge is 2.61. The first-order valence-electron chi connectivity index (χ1n) is 11.5. The molecule has 5 atom stereocenters. The predicted octanol–water partition coefficient (Wildman–Crippen LogP) is 3.90. The van der Waals surface area contributed by atoms with Crippen molar-refractivity contribution in [1.29, 1.82) is 0 Å². The summed E-state index contributed by atoms with van der Waals surface area (Å²) in [6.07, 6.45) is 5.60. The lowest BCUT2D eigenvalue weighted by Gasteiger charge is -2.46.